The van der Waals surface area contributed by atoms with Gasteiger partial charge in [0, 0.05) is 5.02 Å². The van der Waals surface area contributed by atoms with Gasteiger partial charge in [-0.2, -0.15) is 13.5 Å². The van der Waals surface area contributed by atoms with Crippen LogP contribution in [0.4, 0.5) is 0 Å². The summed E-state index contributed by atoms with van der Waals surface area (Å²) in [6.45, 7) is 2.69. The molecule has 156 valence electrons. The summed E-state index contributed by atoms with van der Waals surface area (Å²) in [5.41, 5.74) is 1.64. The molecule has 3 aromatic rings. The molecule has 8 heteroatoms. The topological polar surface area (TPSA) is 77.0 Å². The highest BCUT2D eigenvalue weighted by Crippen LogP contribution is 2.29. The first-order chi connectivity index (χ1) is 14.5. The van der Waals surface area contributed by atoms with Crippen molar-refractivity contribution in [3.8, 4) is 11.5 Å². The summed E-state index contributed by atoms with van der Waals surface area (Å²) in [5.74, 6) is 1.12. The second-order valence-electron chi connectivity index (χ2n) is 6.22. The van der Waals surface area contributed by atoms with Gasteiger partial charge in [-0.3, -0.25) is 0 Å². The van der Waals surface area contributed by atoms with Crippen molar-refractivity contribution in [2.24, 2.45) is 5.10 Å². The van der Waals surface area contributed by atoms with E-state index in [0.717, 1.165) is 5.56 Å². The lowest BCUT2D eigenvalue weighted by Gasteiger charge is -2.12. The Morgan fingerprint density at radius 1 is 0.967 bits per heavy atom. The van der Waals surface area contributed by atoms with E-state index in [-0.39, 0.29) is 4.90 Å². The fraction of sp³-hybridized carbons (Fsp3) is 0.136. The lowest BCUT2D eigenvalue weighted by atomic mass is 10.2. The Bertz CT molecular complexity index is 1100. The first-order valence-corrected chi connectivity index (χ1v) is 11.1. The Kier molecular flexibility index (Phi) is 7.32. The van der Waals surface area contributed by atoms with Gasteiger partial charge in [0.05, 0.1) is 17.7 Å². The average Bonchev–Trinajstić information content (AvgIpc) is 2.75. The van der Waals surface area contributed by atoms with E-state index < -0.39 is 10.0 Å². The molecule has 0 fully saturated rings. The maximum Gasteiger partial charge on any atom is 0.276 e. The van der Waals surface area contributed by atoms with E-state index >= 15 is 0 Å². The normalized spacial score (nSPS) is 11.4. The van der Waals surface area contributed by atoms with Crippen LogP contribution >= 0.6 is 11.6 Å². The van der Waals surface area contributed by atoms with Crippen molar-refractivity contribution < 1.29 is 17.9 Å². The van der Waals surface area contributed by atoms with Gasteiger partial charge < -0.3 is 9.47 Å². The minimum atomic E-state index is -3.71. The molecule has 0 aliphatic heterocycles. The van der Waals surface area contributed by atoms with E-state index in [1.54, 1.807) is 48.5 Å². The lowest BCUT2D eigenvalue weighted by Crippen LogP contribution is -2.18. The zero-order valence-corrected chi connectivity index (χ0v) is 17.9. The van der Waals surface area contributed by atoms with Gasteiger partial charge in [0.15, 0.2) is 11.5 Å². The van der Waals surface area contributed by atoms with E-state index in [9.17, 15) is 8.42 Å². The number of hydrogen-bond donors (Lipinski definition) is 1. The van der Waals surface area contributed by atoms with E-state index in [0.29, 0.717) is 35.3 Å². The van der Waals surface area contributed by atoms with Gasteiger partial charge in [0.1, 0.15) is 6.61 Å². The van der Waals surface area contributed by atoms with Crippen molar-refractivity contribution in [1.82, 2.24) is 4.83 Å². The third-order valence-electron chi connectivity index (χ3n) is 4.02. The SMILES string of the molecule is CCOc1cc(C=NNS(=O)(=O)c2ccccc2)ccc1OCc1ccc(Cl)cc1. The van der Waals surface area contributed by atoms with Gasteiger partial charge in [0.2, 0.25) is 0 Å². The molecule has 1 N–H and O–H groups in total. The molecular formula is C22H21ClN2O4S. The maximum atomic E-state index is 12.2. The summed E-state index contributed by atoms with van der Waals surface area (Å²) < 4.78 is 35.9. The molecule has 0 unspecified atom stereocenters. The Morgan fingerprint density at radius 2 is 1.70 bits per heavy atom. The van der Waals surface area contributed by atoms with Crippen LogP contribution in [-0.4, -0.2) is 21.2 Å². The van der Waals surface area contributed by atoms with Crippen LogP contribution in [0.25, 0.3) is 0 Å². The number of ether oxygens (including phenoxy) is 2. The monoisotopic (exact) mass is 444 g/mol. The molecule has 0 atom stereocenters. The van der Waals surface area contributed by atoms with E-state index in [1.807, 2.05) is 19.1 Å². The van der Waals surface area contributed by atoms with Gasteiger partial charge in [-0.05, 0) is 60.5 Å². The first kappa shape index (κ1) is 21.7. The molecule has 0 radical (unpaired) electrons. The van der Waals surface area contributed by atoms with Crippen molar-refractivity contribution >= 4 is 27.8 Å². The number of hydrogen-bond acceptors (Lipinski definition) is 5. The van der Waals surface area contributed by atoms with Crippen molar-refractivity contribution in [2.75, 3.05) is 6.61 Å². The maximum absolute atomic E-state index is 12.2. The summed E-state index contributed by atoms with van der Waals surface area (Å²) in [7, 11) is -3.71. The molecule has 0 aliphatic rings. The highest BCUT2D eigenvalue weighted by Gasteiger charge is 2.11. The van der Waals surface area contributed by atoms with Crippen LogP contribution in [0, 0.1) is 0 Å². The predicted octanol–water partition coefficient (Wildman–Crippen LogP) is 4.63. The number of benzene rings is 3. The van der Waals surface area contributed by atoms with Crippen LogP contribution in [0.1, 0.15) is 18.1 Å². The second-order valence-corrected chi connectivity index (χ2v) is 8.32. The van der Waals surface area contributed by atoms with Crippen LogP contribution in [0.5, 0.6) is 11.5 Å². The highest BCUT2D eigenvalue weighted by atomic mass is 35.5. The van der Waals surface area contributed by atoms with Crippen molar-refractivity contribution in [2.45, 2.75) is 18.4 Å². The number of halogens is 1. The van der Waals surface area contributed by atoms with Crippen LogP contribution in [0.3, 0.4) is 0 Å². The summed E-state index contributed by atoms with van der Waals surface area (Å²) in [6.07, 6.45) is 1.41. The highest BCUT2D eigenvalue weighted by molar-refractivity contribution is 7.89. The molecule has 0 spiro atoms. The smallest absolute Gasteiger partial charge is 0.276 e. The molecule has 0 aromatic heterocycles. The Hall–Kier alpha value is -3.03. The van der Waals surface area contributed by atoms with E-state index in [1.165, 1.54) is 18.3 Å². The first-order valence-electron chi connectivity index (χ1n) is 9.22. The van der Waals surface area contributed by atoms with E-state index in [4.69, 9.17) is 21.1 Å². The fourth-order valence-electron chi connectivity index (χ4n) is 2.56. The third kappa shape index (κ3) is 5.98. The molecular weight excluding hydrogens is 424 g/mol. The molecule has 0 bridgehead atoms. The molecule has 6 nitrogen and oxygen atoms in total. The third-order valence-corrected chi connectivity index (χ3v) is 5.51. The fourth-order valence-corrected chi connectivity index (χ4v) is 3.50. The zero-order valence-electron chi connectivity index (χ0n) is 16.3. The minimum Gasteiger partial charge on any atom is -0.490 e. The van der Waals surface area contributed by atoms with Gasteiger partial charge in [0.25, 0.3) is 10.0 Å². The van der Waals surface area contributed by atoms with Crippen molar-refractivity contribution in [3.05, 3.63) is 88.9 Å². The number of sulfonamides is 1. The van der Waals surface area contributed by atoms with Crippen LogP contribution in [0.2, 0.25) is 5.02 Å². The summed E-state index contributed by atoms with van der Waals surface area (Å²) in [6, 6.07) is 20.7. The zero-order chi connectivity index (χ0) is 21.4. The minimum absolute atomic E-state index is 0.142. The van der Waals surface area contributed by atoms with Crippen LogP contribution in [0.15, 0.2) is 82.8 Å². The van der Waals surface area contributed by atoms with E-state index in [2.05, 4.69) is 9.93 Å². The number of nitrogens with one attached hydrogen (secondary N) is 1. The molecule has 30 heavy (non-hydrogen) atoms. The van der Waals surface area contributed by atoms with Gasteiger partial charge in [-0.15, -0.1) is 0 Å². The Labute approximate surface area is 181 Å². The van der Waals surface area contributed by atoms with Gasteiger partial charge >= 0.3 is 0 Å². The second kappa shape index (κ2) is 10.1. The largest absolute Gasteiger partial charge is 0.490 e. The number of nitrogens with zero attached hydrogens (tertiary/aromatic N) is 1. The molecule has 0 aliphatic carbocycles. The summed E-state index contributed by atoms with van der Waals surface area (Å²) >= 11 is 5.90. The molecule has 3 rings (SSSR count). The molecule has 3 aromatic carbocycles. The quantitative estimate of drug-likeness (QED) is 0.385. The Balaban J connectivity index is 1.69. The molecule has 0 saturated carbocycles. The van der Waals surface area contributed by atoms with Crippen LogP contribution in [-0.2, 0) is 16.6 Å². The number of rotatable bonds is 9. The summed E-state index contributed by atoms with van der Waals surface area (Å²) in [4.78, 5) is 2.34. The molecule has 0 saturated heterocycles. The Morgan fingerprint density at radius 3 is 2.40 bits per heavy atom. The number of hydrazone groups is 1. The molecule has 0 amide bonds. The lowest BCUT2D eigenvalue weighted by molar-refractivity contribution is 0.269. The van der Waals surface area contributed by atoms with Crippen molar-refractivity contribution in [3.63, 3.8) is 0 Å². The average molecular weight is 445 g/mol. The van der Waals surface area contributed by atoms with Gasteiger partial charge in [-0.25, -0.2) is 4.83 Å². The standard InChI is InChI=1S/C22H21ClN2O4S/c1-2-28-22-14-18(15-24-25-30(26,27)20-6-4-3-5-7-20)10-13-21(22)29-16-17-8-11-19(23)12-9-17/h3-15,25H,2,16H2,1H3. The predicted molar refractivity (Wildman–Crippen MR) is 118 cm³/mol. The van der Waals surface area contributed by atoms with Crippen LogP contribution < -0.4 is 14.3 Å². The molecule has 0 heterocycles. The van der Waals surface area contributed by atoms with Gasteiger partial charge in [-0.1, -0.05) is 41.9 Å². The van der Waals surface area contributed by atoms with Crippen molar-refractivity contribution in [1.29, 1.82) is 0 Å². The summed E-state index contributed by atoms with van der Waals surface area (Å²) in [5, 5.41) is 4.52.